The maximum absolute atomic E-state index is 10.8. The summed E-state index contributed by atoms with van der Waals surface area (Å²) in [6.45, 7) is 3.11. The zero-order chi connectivity index (χ0) is 12.3. The molecule has 1 aliphatic rings. The van der Waals surface area contributed by atoms with Gasteiger partial charge in [0.05, 0.1) is 0 Å². The van der Waals surface area contributed by atoms with Gasteiger partial charge in [-0.1, -0.05) is 6.92 Å². The first-order valence-corrected chi connectivity index (χ1v) is 6.19. The Bertz CT molecular complexity index is 389. The minimum absolute atomic E-state index is 0.245. The van der Waals surface area contributed by atoms with Crippen LogP contribution in [0.25, 0.3) is 0 Å². The molecule has 94 valence electrons. The van der Waals surface area contributed by atoms with Gasteiger partial charge in [0.2, 0.25) is 0 Å². The first kappa shape index (κ1) is 12.1. The van der Waals surface area contributed by atoms with E-state index >= 15 is 0 Å². The van der Waals surface area contributed by atoms with Gasteiger partial charge in [0.25, 0.3) is 0 Å². The summed E-state index contributed by atoms with van der Waals surface area (Å²) >= 11 is 0. The molecule has 0 spiro atoms. The molecular weight excluding hydrogens is 218 g/mol. The summed E-state index contributed by atoms with van der Waals surface area (Å²) in [7, 11) is 0. The number of rotatable bonds is 5. The summed E-state index contributed by atoms with van der Waals surface area (Å²) in [5.41, 5.74) is 0. The van der Waals surface area contributed by atoms with Crippen LogP contribution in [0.3, 0.4) is 0 Å². The minimum Gasteiger partial charge on any atom is -0.480 e. The third-order valence-corrected chi connectivity index (χ3v) is 3.23. The largest absolute Gasteiger partial charge is 0.480 e. The average Bonchev–Trinajstić information content (AvgIpc) is 2.90. The standard InChI is InChI=1S/C12H19N3O2/c1-2-6-15-7-5-13-11(15)8-9-3-4-10(14-9)12(16)17/h5,7,9-10,14H,2-4,6,8H2,1H3,(H,16,17). The summed E-state index contributed by atoms with van der Waals surface area (Å²) in [5.74, 6) is 0.305. The Morgan fingerprint density at radius 1 is 1.65 bits per heavy atom. The molecule has 0 bridgehead atoms. The highest BCUT2D eigenvalue weighted by Crippen LogP contribution is 2.16. The van der Waals surface area contributed by atoms with E-state index in [0.717, 1.165) is 31.6 Å². The van der Waals surface area contributed by atoms with Gasteiger partial charge in [0.1, 0.15) is 11.9 Å². The van der Waals surface area contributed by atoms with Gasteiger partial charge in [0.15, 0.2) is 0 Å². The van der Waals surface area contributed by atoms with Crippen molar-refractivity contribution >= 4 is 5.97 Å². The van der Waals surface area contributed by atoms with Crippen molar-refractivity contribution in [3.05, 3.63) is 18.2 Å². The predicted octanol–water partition coefficient (Wildman–Crippen LogP) is 1.04. The molecule has 0 amide bonds. The minimum atomic E-state index is -0.746. The Kier molecular flexibility index (Phi) is 3.78. The molecule has 2 heterocycles. The summed E-state index contributed by atoms with van der Waals surface area (Å²) in [5, 5.41) is 12.1. The molecule has 1 aromatic rings. The highest BCUT2D eigenvalue weighted by molar-refractivity contribution is 5.73. The molecule has 1 fully saturated rings. The van der Waals surface area contributed by atoms with Crippen LogP contribution >= 0.6 is 0 Å². The van der Waals surface area contributed by atoms with E-state index in [4.69, 9.17) is 5.11 Å². The van der Waals surface area contributed by atoms with Crippen molar-refractivity contribution in [2.75, 3.05) is 0 Å². The predicted molar refractivity (Wildman–Crippen MR) is 63.8 cm³/mol. The molecule has 17 heavy (non-hydrogen) atoms. The fraction of sp³-hybridized carbons (Fsp3) is 0.667. The Hall–Kier alpha value is -1.36. The Balaban J connectivity index is 1.93. The van der Waals surface area contributed by atoms with Crippen molar-refractivity contribution in [1.29, 1.82) is 0 Å². The van der Waals surface area contributed by atoms with Gasteiger partial charge in [-0.2, -0.15) is 0 Å². The van der Waals surface area contributed by atoms with E-state index in [0.29, 0.717) is 6.42 Å². The number of aryl methyl sites for hydroxylation is 1. The smallest absolute Gasteiger partial charge is 0.320 e. The number of hydrogen-bond acceptors (Lipinski definition) is 3. The van der Waals surface area contributed by atoms with Crippen LogP contribution in [0.5, 0.6) is 0 Å². The number of nitrogens with one attached hydrogen (secondary N) is 1. The average molecular weight is 237 g/mol. The number of carboxylic acid groups (broad SMARTS) is 1. The highest BCUT2D eigenvalue weighted by Gasteiger charge is 2.29. The maximum atomic E-state index is 10.8. The molecule has 2 unspecified atom stereocenters. The second-order valence-corrected chi connectivity index (χ2v) is 4.57. The molecule has 0 saturated carbocycles. The normalized spacial score (nSPS) is 24.1. The second-order valence-electron chi connectivity index (χ2n) is 4.57. The fourth-order valence-electron chi connectivity index (χ4n) is 2.37. The van der Waals surface area contributed by atoms with E-state index in [9.17, 15) is 4.79 Å². The lowest BCUT2D eigenvalue weighted by Crippen LogP contribution is -2.36. The van der Waals surface area contributed by atoms with Crippen molar-refractivity contribution in [2.45, 2.75) is 51.2 Å². The maximum Gasteiger partial charge on any atom is 0.320 e. The lowest BCUT2D eigenvalue weighted by Gasteiger charge is -2.12. The van der Waals surface area contributed by atoms with Gasteiger partial charge in [-0.15, -0.1) is 0 Å². The first-order valence-electron chi connectivity index (χ1n) is 6.19. The first-order chi connectivity index (χ1) is 8.20. The van der Waals surface area contributed by atoms with Crippen LogP contribution < -0.4 is 5.32 Å². The summed E-state index contributed by atoms with van der Waals surface area (Å²) in [6, 6.07) is -0.135. The second kappa shape index (κ2) is 5.31. The Morgan fingerprint density at radius 3 is 3.12 bits per heavy atom. The topological polar surface area (TPSA) is 67.2 Å². The van der Waals surface area contributed by atoms with Gasteiger partial charge in [-0.05, 0) is 19.3 Å². The lowest BCUT2D eigenvalue weighted by molar-refractivity contribution is -0.139. The summed E-state index contributed by atoms with van der Waals surface area (Å²) in [4.78, 5) is 15.2. The number of hydrogen-bond donors (Lipinski definition) is 2. The molecule has 5 nitrogen and oxygen atoms in total. The Labute approximate surface area is 101 Å². The van der Waals surface area contributed by atoms with Crippen molar-refractivity contribution in [3.63, 3.8) is 0 Å². The van der Waals surface area contributed by atoms with E-state index in [1.54, 1.807) is 0 Å². The molecule has 1 aromatic heterocycles. The Morgan fingerprint density at radius 2 is 2.47 bits per heavy atom. The number of aromatic nitrogens is 2. The van der Waals surface area contributed by atoms with Crippen LogP contribution in [0.1, 0.15) is 32.0 Å². The van der Waals surface area contributed by atoms with Crippen molar-refractivity contribution in [1.82, 2.24) is 14.9 Å². The zero-order valence-corrected chi connectivity index (χ0v) is 10.1. The number of nitrogens with zero attached hydrogens (tertiary/aromatic N) is 2. The molecule has 5 heteroatoms. The van der Waals surface area contributed by atoms with Crippen LogP contribution in [-0.2, 0) is 17.8 Å². The molecule has 2 N–H and O–H groups in total. The zero-order valence-electron chi connectivity index (χ0n) is 10.1. The fourth-order valence-corrected chi connectivity index (χ4v) is 2.37. The third kappa shape index (κ3) is 2.85. The molecule has 0 aliphatic carbocycles. The molecule has 2 atom stereocenters. The van der Waals surface area contributed by atoms with Crippen LogP contribution in [0.4, 0.5) is 0 Å². The molecule has 1 aliphatic heterocycles. The molecule has 0 aromatic carbocycles. The van der Waals surface area contributed by atoms with Crippen molar-refractivity contribution in [3.8, 4) is 0 Å². The van der Waals surface area contributed by atoms with Crippen molar-refractivity contribution in [2.24, 2.45) is 0 Å². The van der Waals surface area contributed by atoms with Gasteiger partial charge in [0, 0.05) is 31.4 Å². The monoisotopic (exact) mass is 237 g/mol. The lowest BCUT2D eigenvalue weighted by atomic mass is 10.1. The molecular formula is C12H19N3O2. The highest BCUT2D eigenvalue weighted by atomic mass is 16.4. The van der Waals surface area contributed by atoms with Crippen molar-refractivity contribution < 1.29 is 9.90 Å². The van der Waals surface area contributed by atoms with Gasteiger partial charge in [-0.25, -0.2) is 4.98 Å². The van der Waals surface area contributed by atoms with E-state index in [1.807, 2.05) is 12.4 Å². The van der Waals surface area contributed by atoms with E-state index in [2.05, 4.69) is 21.8 Å². The number of aliphatic carboxylic acids is 1. The third-order valence-electron chi connectivity index (χ3n) is 3.23. The SMILES string of the molecule is CCCn1ccnc1CC1CCC(C(=O)O)N1. The van der Waals surface area contributed by atoms with Crippen LogP contribution in [-0.4, -0.2) is 32.7 Å². The van der Waals surface area contributed by atoms with Crippen LogP contribution in [0.15, 0.2) is 12.4 Å². The van der Waals surface area contributed by atoms with Crippen LogP contribution in [0.2, 0.25) is 0 Å². The number of carbonyl (C=O) groups is 1. The summed E-state index contributed by atoms with van der Waals surface area (Å²) < 4.78 is 2.15. The molecule has 2 rings (SSSR count). The number of imidazole rings is 1. The van der Waals surface area contributed by atoms with E-state index < -0.39 is 5.97 Å². The van der Waals surface area contributed by atoms with Gasteiger partial charge >= 0.3 is 5.97 Å². The van der Waals surface area contributed by atoms with E-state index in [-0.39, 0.29) is 12.1 Å². The molecule has 0 radical (unpaired) electrons. The molecule has 1 saturated heterocycles. The van der Waals surface area contributed by atoms with Crippen LogP contribution in [0, 0.1) is 0 Å². The number of carboxylic acids is 1. The van der Waals surface area contributed by atoms with Gasteiger partial charge < -0.3 is 15.0 Å². The van der Waals surface area contributed by atoms with E-state index in [1.165, 1.54) is 0 Å². The quantitative estimate of drug-likeness (QED) is 0.803. The summed E-state index contributed by atoms with van der Waals surface area (Å²) in [6.07, 6.45) is 7.33. The van der Waals surface area contributed by atoms with Gasteiger partial charge in [-0.3, -0.25) is 4.79 Å².